The van der Waals surface area contributed by atoms with Gasteiger partial charge in [0.15, 0.2) is 5.60 Å². The molecule has 0 amide bonds. The molecule has 0 aromatic carbocycles. The van der Waals surface area contributed by atoms with Crippen molar-refractivity contribution in [3.05, 3.63) is 12.2 Å². The van der Waals surface area contributed by atoms with Crippen LogP contribution in [0.1, 0.15) is 39.5 Å². The summed E-state index contributed by atoms with van der Waals surface area (Å²) in [4.78, 5) is 10.8. The largest absolute Gasteiger partial charge is 0.479 e. The third-order valence-corrected chi connectivity index (χ3v) is 2.62. The van der Waals surface area contributed by atoms with Crippen molar-refractivity contribution in [2.75, 3.05) is 0 Å². The number of carboxylic acid groups (broad SMARTS) is 1. The predicted octanol–water partition coefficient (Wildman–Crippen LogP) is 2.37. The van der Waals surface area contributed by atoms with Gasteiger partial charge in [-0.2, -0.15) is 0 Å². The van der Waals surface area contributed by atoms with Gasteiger partial charge in [-0.1, -0.05) is 13.0 Å². The fourth-order valence-electron chi connectivity index (χ4n) is 1.60. The Kier molecular flexibility index (Phi) is 3.32. The Morgan fingerprint density at radius 3 is 2.71 bits per heavy atom. The van der Waals surface area contributed by atoms with E-state index in [9.17, 15) is 4.79 Å². The summed E-state index contributed by atoms with van der Waals surface area (Å²) in [5.41, 5.74) is -0.0733. The van der Waals surface area contributed by atoms with E-state index in [1.807, 2.05) is 0 Å². The van der Waals surface area contributed by atoms with Gasteiger partial charge >= 0.3 is 5.97 Å². The lowest BCUT2D eigenvalue weighted by Gasteiger charge is -2.31. The second-order valence-electron chi connectivity index (χ2n) is 4.33. The summed E-state index contributed by atoms with van der Waals surface area (Å²) in [6.07, 6.45) is 4.02. The second-order valence-corrected chi connectivity index (χ2v) is 4.33. The van der Waals surface area contributed by atoms with Gasteiger partial charge in [0.1, 0.15) is 0 Å². The molecule has 0 heterocycles. The minimum atomic E-state index is -1.11. The molecule has 0 radical (unpaired) electrons. The highest BCUT2D eigenvalue weighted by Gasteiger charge is 2.33. The Hall–Kier alpha value is -0.830. The zero-order chi connectivity index (χ0) is 10.8. The fraction of sp³-hybridized carbons (Fsp3) is 0.727. The van der Waals surface area contributed by atoms with Crippen LogP contribution in [0, 0.1) is 0 Å². The van der Waals surface area contributed by atoms with E-state index in [2.05, 4.69) is 6.58 Å². The monoisotopic (exact) mass is 198 g/mol. The Morgan fingerprint density at radius 2 is 2.21 bits per heavy atom. The highest BCUT2D eigenvalue weighted by molar-refractivity contribution is 5.76. The molecule has 0 saturated heterocycles. The molecule has 1 aliphatic rings. The summed E-state index contributed by atoms with van der Waals surface area (Å²) in [5, 5.41) is 8.90. The van der Waals surface area contributed by atoms with E-state index in [0.29, 0.717) is 0 Å². The first kappa shape index (κ1) is 11.2. The fourth-order valence-corrected chi connectivity index (χ4v) is 1.60. The summed E-state index contributed by atoms with van der Waals surface area (Å²) < 4.78 is 5.55. The highest BCUT2D eigenvalue weighted by atomic mass is 16.5. The average Bonchev–Trinajstić information content (AvgIpc) is 2.08. The lowest BCUT2D eigenvalue weighted by molar-refractivity contribution is -0.166. The number of carboxylic acids is 1. The smallest absolute Gasteiger partial charge is 0.335 e. The van der Waals surface area contributed by atoms with Crippen LogP contribution >= 0.6 is 0 Å². The van der Waals surface area contributed by atoms with Crippen LogP contribution in [-0.4, -0.2) is 22.8 Å². The van der Waals surface area contributed by atoms with Gasteiger partial charge in [-0.3, -0.25) is 0 Å². The predicted molar refractivity (Wildman–Crippen MR) is 54.2 cm³/mol. The highest BCUT2D eigenvalue weighted by Crippen LogP contribution is 2.28. The molecule has 3 heteroatoms. The van der Waals surface area contributed by atoms with Crippen LogP contribution in [-0.2, 0) is 9.53 Å². The number of ether oxygens (including phenoxy) is 1. The molecule has 1 fully saturated rings. The van der Waals surface area contributed by atoms with Gasteiger partial charge < -0.3 is 9.84 Å². The molecule has 3 nitrogen and oxygen atoms in total. The first-order valence-corrected chi connectivity index (χ1v) is 5.02. The van der Waals surface area contributed by atoms with Gasteiger partial charge in [0.2, 0.25) is 0 Å². The third kappa shape index (κ3) is 2.58. The molecule has 1 atom stereocenters. The number of rotatable bonds is 3. The van der Waals surface area contributed by atoms with E-state index >= 15 is 0 Å². The van der Waals surface area contributed by atoms with E-state index in [1.165, 1.54) is 0 Å². The zero-order valence-electron chi connectivity index (χ0n) is 8.88. The van der Waals surface area contributed by atoms with Gasteiger partial charge in [0.25, 0.3) is 0 Å². The molecule has 1 unspecified atom stereocenters. The van der Waals surface area contributed by atoms with Gasteiger partial charge in [-0.15, -0.1) is 0 Å². The quantitative estimate of drug-likeness (QED) is 0.708. The Balaban J connectivity index is 2.58. The molecule has 1 rings (SSSR count). The molecule has 14 heavy (non-hydrogen) atoms. The van der Waals surface area contributed by atoms with E-state index < -0.39 is 11.6 Å². The van der Waals surface area contributed by atoms with E-state index in [1.54, 1.807) is 13.8 Å². The van der Waals surface area contributed by atoms with Crippen molar-refractivity contribution in [3.63, 3.8) is 0 Å². The number of aliphatic carboxylic acids is 1. The maximum absolute atomic E-state index is 10.8. The number of hydrogen-bond acceptors (Lipinski definition) is 2. The maximum atomic E-state index is 10.8. The minimum Gasteiger partial charge on any atom is -0.479 e. The molecule has 0 bridgehead atoms. The molecule has 0 spiro atoms. The molecular formula is C11H18O3. The summed E-state index contributed by atoms with van der Waals surface area (Å²) in [7, 11) is 0. The standard InChI is InChI=1S/C11H18O3/c1-8-6-4-5-7-9(8)14-11(2,3)10(12)13/h9H,1,4-7H2,2-3H3,(H,12,13). The van der Waals surface area contributed by atoms with Crippen molar-refractivity contribution < 1.29 is 14.6 Å². The Labute approximate surface area is 84.8 Å². The lowest BCUT2D eigenvalue weighted by Crippen LogP contribution is -2.39. The maximum Gasteiger partial charge on any atom is 0.335 e. The van der Waals surface area contributed by atoms with Crippen molar-refractivity contribution in [1.29, 1.82) is 0 Å². The molecule has 1 saturated carbocycles. The molecule has 0 aliphatic heterocycles. The number of hydrogen-bond donors (Lipinski definition) is 1. The van der Waals surface area contributed by atoms with Crippen LogP contribution in [0.4, 0.5) is 0 Å². The molecule has 0 aromatic rings. The molecule has 0 aromatic heterocycles. The van der Waals surface area contributed by atoms with Crippen LogP contribution in [0.5, 0.6) is 0 Å². The van der Waals surface area contributed by atoms with Crippen molar-refractivity contribution in [2.24, 2.45) is 0 Å². The Bertz CT molecular complexity index is 243. The van der Waals surface area contributed by atoms with Crippen LogP contribution in [0.25, 0.3) is 0 Å². The van der Waals surface area contributed by atoms with Crippen LogP contribution < -0.4 is 0 Å². The van der Waals surface area contributed by atoms with Crippen molar-refractivity contribution in [2.45, 2.75) is 51.2 Å². The first-order chi connectivity index (χ1) is 6.43. The SMILES string of the molecule is C=C1CCCCC1OC(C)(C)C(=O)O. The van der Waals surface area contributed by atoms with Crippen LogP contribution in [0.3, 0.4) is 0 Å². The topological polar surface area (TPSA) is 46.5 Å². The molecule has 1 aliphatic carbocycles. The average molecular weight is 198 g/mol. The van der Waals surface area contributed by atoms with Gasteiger partial charge in [0.05, 0.1) is 6.10 Å². The second kappa shape index (κ2) is 4.13. The van der Waals surface area contributed by atoms with Crippen molar-refractivity contribution >= 4 is 5.97 Å². The summed E-state index contributed by atoms with van der Waals surface area (Å²) >= 11 is 0. The molecular weight excluding hydrogens is 180 g/mol. The summed E-state index contributed by atoms with van der Waals surface area (Å²) in [5.74, 6) is -0.920. The lowest BCUT2D eigenvalue weighted by atomic mass is 9.92. The first-order valence-electron chi connectivity index (χ1n) is 5.02. The molecule has 1 N–H and O–H groups in total. The van der Waals surface area contributed by atoms with E-state index in [4.69, 9.17) is 9.84 Å². The Morgan fingerprint density at radius 1 is 1.57 bits per heavy atom. The third-order valence-electron chi connectivity index (χ3n) is 2.62. The van der Waals surface area contributed by atoms with Crippen molar-refractivity contribution in [1.82, 2.24) is 0 Å². The van der Waals surface area contributed by atoms with Crippen LogP contribution in [0.2, 0.25) is 0 Å². The van der Waals surface area contributed by atoms with Crippen LogP contribution in [0.15, 0.2) is 12.2 Å². The van der Waals surface area contributed by atoms with Gasteiger partial charge in [-0.05, 0) is 38.7 Å². The van der Waals surface area contributed by atoms with E-state index in [-0.39, 0.29) is 6.10 Å². The zero-order valence-corrected chi connectivity index (χ0v) is 8.88. The molecule has 80 valence electrons. The summed E-state index contributed by atoms with van der Waals surface area (Å²) in [6.45, 7) is 7.08. The normalized spacial score (nSPS) is 23.6. The number of carbonyl (C=O) groups is 1. The van der Waals surface area contributed by atoms with Gasteiger partial charge in [-0.25, -0.2) is 4.79 Å². The van der Waals surface area contributed by atoms with Crippen molar-refractivity contribution in [3.8, 4) is 0 Å². The minimum absolute atomic E-state index is 0.0742. The summed E-state index contributed by atoms with van der Waals surface area (Å²) in [6, 6.07) is 0. The van der Waals surface area contributed by atoms with E-state index in [0.717, 1.165) is 31.3 Å². The van der Waals surface area contributed by atoms with Gasteiger partial charge in [0, 0.05) is 0 Å².